The average Bonchev–Trinajstić information content (AvgIpc) is 3.43. The Labute approximate surface area is 193 Å². The van der Waals surface area contributed by atoms with Gasteiger partial charge in [0.05, 0.1) is 19.0 Å². The van der Waals surface area contributed by atoms with E-state index in [1.54, 1.807) is 10.9 Å². The second-order valence-electron chi connectivity index (χ2n) is 8.41. The molecule has 1 aromatic carbocycles. The number of nitrogens with zero attached hydrogens (tertiary/aromatic N) is 4. The minimum absolute atomic E-state index is 0.241. The molecule has 1 aliphatic heterocycles. The van der Waals surface area contributed by atoms with Gasteiger partial charge >= 0.3 is 6.01 Å². The summed E-state index contributed by atoms with van der Waals surface area (Å²) in [6.45, 7) is 3.10. The highest BCUT2D eigenvalue weighted by atomic mass is 16.5. The number of aliphatic hydroxyl groups excluding tert-OH is 2. The monoisotopic (exact) mass is 455 g/mol. The third-order valence-electron chi connectivity index (χ3n) is 5.88. The van der Waals surface area contributed by atoms with Crippen LogP contribution in [0, 0.1) is 0 Å². The van der Waals surface area contributed by atoms with Crippen molar-refractivity contribution in [3.63, 3.8) is 0 Å². The van der Waals surface area contributed by atoms with Gasteiger partial charge in [-0.1, -0.05) is 62.9 Å². The van der Waals surface area contributed by atoms with Crippen molar-refractivity contribution in [2.24, 2.45) is 0 Å². The maximum atomic E-state index is 10.2. The van der Waals surface area contributed by atoms with Gasteiger partial charge in [-0.05, 0) is 12.0 Å². The van der Waals surface area contributed by atoms with Crippen molar-refractivity contribution < 1.29 is 19.7 Å². The lowest BCUT2D eigenvalue weighted by atomic mass is 10.1. The van der Waals surface area contributed by atoms with Crippen LogP contribution in [-0.2, 0) is 11.3 Å². The van der Waals surface area contributed by atoms with Crippen LogP contribution in [0.2, 0.25) is 0 Å². The minimum atomic E-state index is -0.742. The van der Waals surface area contributed by atoms with E-state index in [-0.39, 0.29) is 12.6 Å². The fourth-order valence-electron chi connectivity index (χ4n) is 4.00. The molecule has 9 heteroatoms. The number of benzene rings is 1. The maximum Gasteiger partial charge on any atom is 0.320 e. The molecule has 3 aromatic rings. The first-order valence-corrected chi connectivity index (χ1v) is 11.8. The van der Waals surface area contributed by atoms with E-state index in [1.807, 2.05) is 30.3 Å². The van der Waals surface area contributed by atoms with Gasteiger partial charge < -0.3 is 25.0 Å². The number of ether oxygens (including phenoxy) is 2. The van der Waals surface area contributed by atoms with Gasteiger partial charge in [0.1, 0.15) is 18.9 Å². The molecule has 9 nitrogen and oxygen atoms in total. The summed E-state index contributed by atoms with van der Waals surface area (Å²) in [5.41, 5.74) is 2.21. The lowest BCUT2D eigenvalue weighted by molar-refractivity contribution is -0.0432. The molecule has 1 saturated heterocycles. The van der Waals surface area contributed by atoms with Crippen LogP contribution < -0.4 is 10.1 Å². The molecule has 178 valence electrons. The Kier molecular flexibility index (Phi) is 8.09. The number of rotatable bonds is 12. The largest absolute Gasteiger partial charge is 0.458 e. The molecule has 0 spiro atoms. The number of imidazole rings is 1. The molecule has 4 rings (SSSR count). The van der Waals surface area contributed by atoms with Crippen LogP contribution in [0.4, 0.5) is 5.82 Å². The lowest BCUT2D eigenvalue weighted by Crippen LogP contribution is -2.24. The van der Waals surface area contributed by atoms with Crippen LogP contribution >= 0.6 is 0 Å². The van der Waals surface area contributed by atoms with Crippen LogP contribution in [0.1, 0.15) is 57.2 Å². The van der Waals surface area contributed by atoms with Gasteiger partial charge in [0.15, 0.2) is 17.0 Å². The third-order valence-corrected chi connectivity index (χ3v) is 5.88. The Bertz CT molecular complexity index is 1010. The van der Waals surface area contributed by atoms with E-state index >= 15 is 0 Å². The quantitative estimate of drug-likeness (QED) is 0.356. The third kappa shape index (κ3) is 5.79. The summed E-state index contributed by atoms with van der Waals surface area (Å²) < 4.78 is 13.5. The van der Waals surface area contributed by atoms with Gasteiger partial charge in [-0.25, -0.2) is 4.98 Å². The van der Waals surface area contributed by atoms with E-state index in [2.05, 4.69) is 27.2 Å². The van der Waals surface area contributed by atoms with Gasteiger partial charge in [-0.15, -0.1) is 0 Å². The molecule has 0 radical (unpaired) electrons. The number of aromatic nitrogens is 4. The van der Waals surface area contributed by atoms with Crippen molar-refractivity contribution in [1.29, 1.82) is 0 Å². The summed E-state index contributed by atoms with van der Waals surface area (Å²) in [7, 11) is 0. The maximum absolute atomic E-state index is 10.2. The van der Waals surface area contributed by atoms with Crippen LogP contribution in [0.25, 0.3) is 11.2 Å². The van der Waals surface area contributed by atoms with Gasteiger partial charge in [-0.3, -0.25) is 4.57 Å². The smallest absolute Gasteiger partial charge is 0.320 e. The van der Waals surface area contributed by atoms with Crippen molar-refractivity contribution in [3.05, 3.63) is 42.2 Å². The van der Waals surface area contributed by atoms with Gasteiger partial charge in [0, 0.05) is 13.0 Å². The van der Waals surface area contributed by atoms with E-state index in [9.17, 15) is 10.2 Å². The van der Waals surface area contributed by atoms with Crippen molar-refractivity contribution >= 4 is 17.0 Å². The Morgan fingerprint density at radius 2 is 1.97 bits per heavy atom. The Hall–Kier alpha value is -2.75. The molecular weight excluding hydrogens is 422 g/mol. The lowest BCUT2D eigenvalue weighted by Gasteiger charge is -2.14. The molecule has 2 aromatic heterocycles. The second kappa shape index (κ2) is 11.4. The van der Waals surface area contributed by atoms with Crippen LogP contribution in [0.5, 0.6) is 6.01 Å². The standard InChI is InChI=1S/C24H33N5O4/c1-2-3-4-5-9-12-25-22-21-23(28-24(27-22)32-15-17-10-7-6-8-11-17)29(16-26-21)20-13-18(31)19(14-30)33-20/h6-8,10-11,16,18-20,30-31H,2-5,9,12-15H2,1H3,(H,25,27,28)/t18?,19-,20-/m1/s1. The van der Waals surface area contributed by atoms with Crippen molar-refractivity contribution in [3.8, 4) is 6.01 Å². The van der Waals surface area contributed by atoms with Gasteiger partial charge in [-0.2, -0.15) is 9.97 Å². The normalized spacial score (nSPS) is 20.4. The van der Waals surface area contributed by atoms with Crippen LogP contribution in [0.15, 0.2) is 36.7 Å². The summed E-state index contributed by atoms with van der Waals surface area (Å²) in [5.74, 6) is 0.620. The van der Waals surface area contributed by atoms with Crippen molar-refractivity contribution in [1.82, 2.24) is 19.5 Å². The highest BCUT2D eigenvalue weighted by Gasteiger charge is 2.35. The fourth-order valence-corrected chi connectivity index (χ4v) is 4.00. The SMILES string of the molecule is CCCCCCCNc1nc(OCc2ccccc2)nc2c1ncn2[C@H]1CC(O)[C@@H](CO)O1. The molecule has 0 aliphatic carbocycles. The molecule has 1 fully saturated rings. The first-order valence-electron chi connectivity index (χ1n) is 11.8. The highest BCUT2D eigenvalue weighted by Crippen LogP contribution is 2.32. The summed E-state index contributed by atoms with van der Waals surface area (Å²) in [6.07, 6.45) is 6.06. The number of hydrogen-bond donors (Lipinski definition) is 3. The van der Waals surface area contributed by atoms with Crippen LogP contribution in [-0.4, -0.2) is 55.1 Å². The molecule has 3 atom stereocenters. The average molecular weight is 456 g/mol. The number of nitrogens with one attached hydrogen (secondary N) is 1. The fraction of sp³-hybridized carbons (Fsp3) is 0.542. The Morgan fingerprint density at radius 1 is 1.15 bits per heavy atom. The van der Waals surface area contributed by atoms with E-state index in [0.717, 1.165) is 24.9 Å². The number of hydrogen-bond acceptors (Lipinski definition) is 8. The molecule has 3 N–H and O–H groups in total. The molecule has 3 heterocycles. The van der Waals surface area contributed by atoms with Crippen molar-refractivity contribution in [2.45, 2.75) is 70.5 Å². The Morgan fingerprint density at radius 3 is 2.73 bits per heavy atom. The zero-order valence-electron chi connectivity index (χ0n) is 19.1. The first kappa shape index (κ1) is 23.4. The molecule has 0 amide bonds. The molecule has 1 aliphatic rings. The minimum Gasteiger partial charge on any atom is -0.458 e. The van der Waals surface area contributed by atoms with E-state index < -0.39 is 18.4 Å². The number of anilines is 1. The number of fused-ring (bicyclic) bond motifs is 1. The zero-order chi connectivity index (χ0) is 23.0. The summed E-state index contributed by atoms with van der Waals surface area (Å²) in [6, 6.07) is 10.1. The number of aliphatic hydroxyl groups is 2. The molecule has 0 saturated carbocycles. The molecule has 33 heavy (non-hydrogen) atoms. The van der Waals surface area contributed by atoms with E-state index in [0.29, 0.717) is 30.0 Å². The Balaban J connectivity index is 1.55. The predicted molar refractivity (Wildman–Crippen MR) is 125 cm³/mol. The molecule has 0 bridgehead atoms. The first-order chi connectivity index (χ1) is 16.2. The number of unbranched alkanes of at least 4 members (excludes halogenated alkanes) is 4. The van der Waals surface area contributed by atoms with E-state index in [1.165, 1.54) is 19.3 Å². The zero-order valence-corrected chi connectivity index (χ0v) is 19.1. The molecule has 1 unspecified atom stereocenters. The van der Waals surface area contributed by atoms with Gasteiger partial charge in [0.2, 0.25) is 0 Å². The topological polar surface area (TPSA) is 115 Å². The van der Waals surface area contributed by atoms with Crippen molar-refractivity contribution in [2.75, 3.05) is 18.5 Å². The summed E-state index contributed by atoms with van der Waals surface area (Å²) >= 11 is 0. The van der Waals surface area contributed by atoms with E-state index in [4.69, 9.17) is 9.47 Å². The second-order valence-corrected chi connectivity index (χ2v) is 8.41. The molecular formula is C24H33N5O4. The van der Waals surface area contributed by atoms with Crippen LogP contribution in [0.3, 0.4) is 0 Å². The highest BCUT2D eigenvalue weighted by molar-refractivity contribution is 5.83. The summed E-state index contributed by atoms with van der Waals surface area (Å²) in [5, 5.41) is 23.0. The van der Waals surface area contributed by atoms with Gasteiger partial charge in [0.25, 0.3) is 0 Å². The predicted octanol–water partition coefficient (Wildman–Crippen LogP) is 3.43. The summed E-state index contributed by atoms with van der Waals surface area (Å²) in [4.78, 5) is 13.7.